The van der Waals surface area contributed by atoms with E-state index >= 15 is 0 Å². The fourth-order valence-electron chi connectivity index (χ4n) is 1.22. The lowest BCUT2D eigenvalue weighted by Crippen LogP contribution is -1.79. The van der Waals surface area contributed by atoms with Crippen molar-refractivity contribution < 1.29 is 0 Å². The Balaban J connectivity index is 0.000000284. The molecule has 0 nitrogen and oxygen atoms in total. The summed E-state index contributed by atoms with van der Waals surface area (Å²) in [5.41, 5.74) is 1.45. The Hall–Kier alpha value is -0.600. The molecule has 2 heterocycles. The molecule has 2 aromatic rings. The maximum atomic E-state index is 2.21. The van der Waals surface area contributed by atoms with Crippen molar-refractivity contribution in [2.75, 3.05) is 0 Å². The number of hydrogen-bond acceptors (Lipinski definition) is 2. The fourth-order valence-corrected chi connectivity index (χ4v) is 2.79. The Morgan fingerprint density at radius 1 is 0.941 bits per heavy atom. The molecule has 0 unspecified atom stereocenters. The van der Waals surface area contributed by atoms with Gasteiger partial charge in [0.15, 0.2) is 0 Å². The highest BCUT2D eigenvalue weighted by atomic mass is 32.1. The van der Waals surface area contributed by atoms with Crippen molar-refractivity contribution in [2.24, 2.45) is 0 Å². The van der Waals surface area contributed by atoms with Crippen molar-refractivity contribution in [3.63, 3.8) is 0 Å². The van der Waals surface area contributed by atoms with Gasteiger partial charge in [-0.25, -0.2) is 0 Å². The van der Waals surface area contributed by atoms with Crippen molar-refractivity contribution >= 4 is 22.7 Å². The lowest BCUT2D eigenvalue weighted by Gasteiger charge is -1.96. The first-order valence-corrected chi connectivity index (χ1v) is 7.49. The second-order valence-corrected chi connectivity index (χ2v) is 6.14. The summed E-state index contributed by atoms with van der Waals surface area (Å²) in [7, 11) is 0. The van der Waals surface area contributed by atoms with Gasteiger partial charge in [-0.2, -0.15) is 11.3 Å². The molecule has 0 saturated carbocycles. The first-order chi connectivity index (χ1) is 7.61. The summed E-state index contributed by atoms with van der Waals surface area (Å²) in [5, 5.41) is 6.44. The van der Waals surface area contributed by atoms with Gasteiger partial charge in [-0.15, -0.1) is 11.3 Å². The van der Waals surface area contributed by atoms with Crippen LogP contribution in [0.4, 0.5) is 0 Å². The highest BCUT2D eigenvalue weighted by Gasteiger charge is 1.96. The zero-order valence-electron chi connectivity index (χ0n) is 10.4. The molecule has 0 aliphatic rings. The number of thiophene rings is 2. The van der Waals surface area contributed by atoms with Crippen molar-refractivity contribution in [1.29, 1.82) is 0 Å². The smallest absolute Gasteiger partial charge is 0.00706 e. The van der Waals surface area contributed by atoms with Gasteiger partial charge in [0, 0.05) is 4.88 Å². The van der Waals surface area contributed by atoms with Crippen LogP contribution < -0.4 is 0 Å². The van der Waals surface area contributed by atoms with E-state index in [9.17, 15) is 0 Å². The van der Waals surface area contributed by atoms with Gasteiger partial charge in [-0.3, -0.25) is 0 Å². The maximum absolute atomic E-state index is 2.21. The lowest BCUT2D eigenvalue weighted by molar-refractivity contribution is 0.872. The number of hydrogen-bond donors (Lipinski definition) is 0. The van der Waals surface area contributed by atoms with E-state index in [-0.39, 0.29) is 7.43 Å². The van der Waals surface area contributed by atoms with Crippen molar-refractivity contribution in [2.45, 2.75) is 47.0 Å². The van der Waals surface area contributed by atoms with Crippen LogP contribution >= 0.6 is 22.7 Å². The van der Waals surface area contributed by atoms with Crippen LogP contribution in [0.25, 0.3) is 0 Å². The Kier molecular flexibility index (Phi) is 8.19. The molecule has 0 fully saturated rings. The molecule has 0 radical (unpaired) electrons. The molecule has 17 heavy (non-hydrogen) atoms. The molecule has 0 bridgehead atoms. The van der Waals surface area contributed by atoms with E-state index in [2.05, 4.69) is 62.0 Å². The first kappa shape index (κ1) is 16.4. The van der Waals surface area contributed by atoms with Crippen LogP contribution in [0.5, 0.6) is 0 Å². The topological polar surface area (TPSA) is 0 Å². The zero-order valence-corrected chi connectivity index (χ0v) is 12.1. The highest BCUT2D eigenvalue weighted by Crippen LogP contribution is 2.18. The molecule has 0 saturated heterocycles. The summed E-state index contributed by atoms with van der Waals surface area (Å²) in [6, 6.07) is 6.45. The summed E-state index contributed by atoms with van der Waals surface area (Å²) in [5.74, 6) is 1.40. The van der Waals surface area contributed by atoms with Crippen molar-refractivity contribution in [1.82, 2.24) is 0 Å². The average Bonchev–Trinajstić information content (AvgIpc) is 2.93. The van der Waals surface area contributed by atoms with Crippen molar-refractivity contribution in [3.8, 4) is 0 Å². The highest BCUT2D eigenvalue weighted by molar-refractivity contribution is 7.10. The van der Waals surface area contributed by atoms with Gasteiger partial charge in [-0.1, -0.05) is 41.2 Å². The molecule has 0 aliphatic heterocycles. The Morgan fingerprint density at radius 2 is 1.65 bits per heavy atom. The summed E-state index contributed by atoms with van der Waals surface area (Å²) in [6.07, 6.45) is 0. The van der Waals surface area contributed by atoms with Crippen molar-refractivity contribution in [3.05, 3.63) is 44.8 Å². The predicted octanol–water partition coefficient (Wildman–Crippen LogP) is 6.38. The predicted molar refractivity (Wildman–Crippen MR) is 83.5 cm³/mol. The SMILES string of the molecule is C.CC(C)c1cccs1.CC(C)c1ccsc1. The Labute approximate surface area is 114 Å². The second-order valence-electron chi connectivity index (χ2n) is 4.38. The van der Waals surface area contributed by atoms with Crippen LogP contribution in [-0.2, 0) is 0 Å². The molecule has 2 heteroatoms. The molecule has 2 rings (SSSR count). The molecule has 0 N–H and O–H groups in total. The molecule has 0 aliphatic carbocycles. The maximum Gasteiger partial charge on any atom is 0.00706 e. The summed E-state index contributed by atoms with van der Waals surface area (Å²) < 4.78 is 0. The Bertz CT molecular complexity index is 317. The summed E-state index contributed by atoms with van der Waals surface area (Å²) >= 11 is 3.60. The third kappa shape index (κ3) is 6.04. The van der Waals surface area contributed by atoms with Gasteiger partial charge in [0.05, 0.1) is 0 Å². The third-order valence-electron chi connectivity index (χ3n) is 2.32. The van der Waals surface area contributed by atoms with Crippen LogP contribution in [0.2, 0.25) is 0 Å². The molecule has 96 valence electrons. The van der Waals surface area contributed by atoms with Crippen LogP contribution in [0.3, 0.4) is 0 Å². The second kappa shape index (κ2) is 8.48. The minimum absolute atomic E-state index is 0. The monoisotopic (exact) mass is 268 g/mol. The minimum Gasteiger partial charge on any atom is -0.152 e. The fraction of sp³-hybridized carbons (Fsp3) is 0.467. The van der Waals surface area contributed by atoms with Crippen LogP contribution in [0.15, 0.2) is 34.3 Å². The van der Waals surface area contributed by atoms with Crippen LogP contribution in [-0.4, -0.2) is 0 Å². The van der Waals surface area contributed by atoms with E-state index in [4.69, 9.17) is 0 Å². The van der Waals surface area contributed by atoms with Gasteiger partial charge in [-0.05, 0) is 45.7 Å². The van der Waals surface area contributed by atoms with Crippen LogP contribution in [0.1, 0.15) is 57.4 Å². The number of rotatable bonds is 2. The minimum atomic E-state index is 0. The zero-order chi connectivity index (χ0) is 12.0. The molecule has 0 atom stereocenters. The summed E-state index contributed by atoms with van der Waals surface area (Å²) in [6.45, 7) is 8.85. The lowest BCUT2D eigenvalue weighted by atomic mass is 10.1. The van der Waals surface area contributed by atoms with Gasteiger partial charge in [0.25, 0.3) is 0 Å². The molecular weight excluding hydrogens is 244 g/mol. The van der Waals surface area contributed by atoms with E-state index in [1.165, 1.54) is 10.4 Å². The first-order valence-electron chi connectivity index (χ1n) is 5.66. The molecule has 0 amide bonds. The van der Waals surface area contributed by atoms with E-state index in [1.54, 1.807) is 11.3 Å². The standard InChI is InChI=1S/2C7H10S.CH4/c1-6(2)7-3-4-8-5-7;1-6(2)7-4-3-5-8-7;/h2*3-6H,1-2H3;1H4. The van der Waals surface area contributed by atoms with Gasteiger partial charge in [0.2, 0.25) is 0 Å². The molecule has 0 aromatic carbocycles. The Morgan fingerprint density at radius 3 is 1.88 bits per heavy atom. The quantitative estimate of drug-likeness (QED) is 0.593. The molecular formula is C15H24S2. The van der Waals surface area contributed by atoms with E-state index in [1.807, 2.05) is 11.3 Å². The van der Waals surface area contributed by atoms with Gasteiger partial charge < -0.3 is 0 Å². The largest absolute Gasteiger partial charge is 0.152 e. The van der Waals surface area contributed by atoms with E-state index in [0.717, 1.165) is 0 Å². The van der Waals surface area contributed by atoms with E-state index in [0.29, 0.717) is 11.8 Å². The van der Waals surface area contributed by atoms with Gasteiger partial charge >= 0.3 is 0 Å². The molecule has 2 aromatic heterocycles. The summed E-state index contributed by atoms with van der Waals surface area (Å²) in [4.78, 5) is 1.48. The van der Waals surface area contributed by atoms with Crippen LogP contribution in [0, 0.1) is 0 Å². The van der Waals surface area contributed by atoms with Gasteiger partial charge in [0.1, 0.15) is 0 Å². The normalized spacial score (nSPS) is 9.76. The molecule has 0 spiro atoms. The van der Waals surface area contributed by atoms with E-state index < -0.39 is 0 Å². The third-order valence-corrected chi connectivity index (χ3v) is 4.20. The average molecular weight is 268 g/mol.